The van der Waals surface area contributed by atoms with E-state index in [0.717, 1.165) is 0 Å². The van der Waals surface area contributed by atoms with Gasteiger partial charge in [-0.2, -0.15) is 0 Å². The first kappa shape index (κ1) is 11.4. The van der Waals surface area contributed by atoms with Gasteiger partial charge in [-0.3, -0.25) is 0 Å². The second kappa shape index (κ2) is 4.43. The quantitative estimate of drug-likeness (QED) is 0.576. The number of nitrogens with two attached hydrogens (primary N) is 1. The van der Waals surface area contributed by atoms with E-state index >= 15 is 0 Å². The fraction of sp³-hybridized carbons (Fsp3) is 0. The van der Waals surface area contributed by atoms with Gasteiger partial charge in [-0.25, -0.2) is 4.79 Å². The van der Waals surface area contributed by atoms with Crippen LogP contribution in [-0.2, 0) is 19.5 Å². The average molecular weight is 237 g/mol. The van der Waals surface area contributed by atoms with E-state index in [0.29, 0.717) is 5.02 Å². The van der Waals surface area contributed by atoms with Crippen LogP contribution in [0.1, 0.15) is 10.4 Å². The van der Waals surface area contributed by atoms with Crippen molar-refractivity contribution in [3.05, 3.63) is 28.8 Å². The third-order valence-electron chi connectivity index (χ3n) is 1.25. The molecule has 0 saturated carbocycles. The van der Waals surface area contributed by atoms with Crippen molar-refractivity contribution in [2.75, 3.05) is 5.73 Å². The van der Waals surface area contributed by atoms with Crippen LogP contribution < -0.4 is 5.73 Å². The van der Waals surface area contributed by atoms with Crippen molar-refractivity contribution in [2.45, 2.75) is 0 Å². The number of anilines is 1. The first-order chi connectivity index (χ1) is 5.11. The van der Waals surface area contributed by atoms with Gasteiger partial charge in [0.2, 0.25) is 0 Å². The molecule has 58 valence electrons. The van der Waals surface area contributed by atoms with Crippen molar-refractivity contribution in [2.24, 2.45) is 0 Å². The number of nitrogen functional groups attached to an aromatic ring is 1. The Balaban J connectivity index is 0.00000121. The Morgan fingerprint density at radius 2 is 2.08 bits per heavy atom. The molecule has 0 heterocycles. The maximum absolute atomic E-state index is 10.4. The molecule has 0 aliphatic rings. The van der Waals surface area contributed by atoms with Crippen molar-refractivity contribution in [3.63, 3.8) is 0 Å². The number of aromatic carboxylic acids is 1. The van der Waals surface area contributed by atoms with E-state index in [1.165, 1.54) is 12.1 Å². The van der Waals surface area contributed by atoms with Crippen molar-refractivity contribution in [3.8, 4) is 0 Å². The average Bonchev–Trinajstić information content (AvgIpc) is 1.94. The molecule has 0 amide bonds. The minimum Gasteiger partial charge on any atom is -0.478 e. The molecule has 5 heteroatoms. The summed E-state index contributed by atoms with van der Waals surface area (Å²) in [6, 6.07) is 4.33. The number of halogens is 1. The molecule has 0 aromatic heterocycles. The summed E-state index contributed by atoms with van der Waals surface area (Å²) in [6.45, 7) is 0. The molecule has 0 atom stereocenters. The van der Waals surface area contributed by atoms with Gasteiger partial charge in [-0.05, 0) is 18.2 Å². The number of carboxylic acid groups (broad SMARTS) is 1. The Kier molecular flexibility index (Phi) is 4.21. The number of carbonyl (C=O) groups is 1. The zero-order valence-corrected chi connectivity index (χ0v) is 9.97. The molecule has 3 nitrogen and oxygen atoms in total. The summed E-state index contributed by atoms with van der Waals surface area (Å²) in [4.78, 5) is 10.4. The summed E-state index contributed by atoms with van der Waals surface area (Å²) in [5.41, 5.74) is 5.61. The maximum atomic E-state index is 10.4. The van der Waals surface area contributed by atoms with Crippen LogP contribution in [0.3, 0.4) is 0 Å². The molecule has 0 fully saturated rings. The van der Waals surface area contributed by atoms with Crippen molar-refractivity contribution < 1.29 is 29.4 Å². The Morgan fingerprint density at radius 3 is 2.50 bits per heavy atom. The van der Waals surface area contributed by atoms with Gasteiger partial charge in [0.25, 0.3) is 0 Å². The van der Waals surface area contributed by atoms with Gasteiger partial charge >= 0.3 is 25.4 Å². The molecular weight excluding hydrogens is 231 g/mol. The zero-order valence-electron chi connectivity index (χ0n) is 6.25. The fourth-order valence-corrected chi connectivity index (χ4v) is 0.886. The van der Waals surface area contributed by atoms with E-state index in [9.17, 15) is 4.79 Å². The van der Waals surface area contributed by atoms with Gasteiger partial charge in [0.1, 0.15) is 0 Å². The molecule has 0 radical (unpaired) electrons. The Morgan fingerprint density at radius 1 is 1.50 bits per heavy atom. The summed E-state index contributed by atoms with van der Waals surface area (Å²) >= 11 is 5.54. The molecule has 0 spiro atoms. The van der Waals surface area contributed by atoms with Crippen LogP contribution in [0.25, 0.3) is 0 Å². The van der Waals surface area contributed by atoms with Crippen molar-refractivity contribution in [1.29, 1.82) is 0 Å². The van der Waals surface area contributed by atoms with Gasteiger partial charge in [0.15, 0.2) is 0 Å². The van der Waals surface area contributed by atoms with Gasteiger partial charge < -0.3 is 10.8 Å². The standard InChI is InChI=1S/C7H6ClNO2.Zn/c8-4-1-2-6(9)5(3-4)7(10)11;/h1-3H,9H2,(H,10,11);/q;+2. The molecule has 1 aromatic rings. The van der Waals surface area contributed by atoms with E-state index < -0.39 is 5.97 Å². The number of hydrogen-bond donors (Lipinski definition) is 2. The summed E-state index contributed by atoms with van der Waals surface area (Å²) < 4.78 is 0. The molecule has 0 unspecified atom stereocenters. The number of carboxylic acids is 1. The van der Waals surface area contributed by atoms with Crippen LogP contribution >= 0.6 is 11.6 Å². The molecule has 12 heavy (non-hydrogen) atoms. The van der Waals surface area contributed by atoms with Gasteiger partial charge in [-0.1, -0.05) is 11.6 Å². The normalized spacial score (nSPS) is 8.75. The Hall–Kier alpha value is -0.597. The third kappa shape index (κ3) is 2.47. The number of hydrogen-bond acceptors (Lipinski definition) is 2. The van der Waals surface area contributed by atoms with E-state index in [1.807, 2.05) is 0 Å². The second-order valence-corrected chi connectivity index (χ2v) is 2.47. The maximum Gasteiger partial charge on any atom is 2.00 e. The number of rotatable bonds is 1. The van der Waals surface area contributed by atoms with Crippen molar-refractivity contribution in [1.82, 2.24) is 0 Å². The van der Waals surface area contributed by atoms with Gasteiger partial charge in [0, 0.05) is 10.7 Å². The monoisotopic (exact) mass is 235 g/mol. The SMILES string of the molecule is Nc1ccc(Cl)cc1C(=O)O.[Zn+2]. The summed E-state index contributed by atoms with van der Waals surface area (Å²) in [6.07, 6.45) is 0. The van der Waals surface area contributed by atoms with E-state index in [4.69, 9.17) is 22.4 Å². The molecule has 1 rings (SSSR count). The van der Waals surface area contributed by atoms with E-state index in [2.05, 4.69) is 0 Å². The minimum atomic E-state index is -1.06. The first-order valence-corrected chi connectivity index (χ1v) is 3.27. The minimum absolute atomic E-state index is 0. The van der Waals surface area contributed by atoms with Crippen LogP contribution in [0.15, 0.2) is 18.2 Å². The van der Waals surface area contributed by atoms with Crippen LogP contribution in [-0.4, -0.2) is 11.1 Å². The summed E-state index contributed by atoms with van der Waals surface area (Å²) in [5.74, 6) is -1.06. The van der Waals surface area contributed by atoms with Crippen molar-refractivity contribution >= 4 is 23.3 Å². The van der Waals surface area contributed by atoms with Crippen LogP contribution in [0.4, 0.5) is 5.69 Å². The molecule has 0 saturated heterocycles. The van der Waals surface area contributed by atoms with Crippen LogP contribution in [0, 0.1) is 0 Å². The Labute approximate surface area is 87.3 Å². The third-order valence-corrected chi connectivity index (χ3v) is 1.48. The summed E-state index contributed by atoms with van der Waals surface area (Å²) in [5, 5.41) is 8.92. The summed E-state index contributed by atoms with van der Waals surface area (Å²) in [7, 11) is 0. The smallest absolute Gasteiger partial charge is 0.478 e. The Bertz CT molecular complexity index is 303. The first-order valence-electron chi connectivity index (χ1n) is 2.89. The molecule has 3 N–H and O–H groups in total. The largest absolute Gasteiger partial charge is 2.00 e. The van der Waals surface area contributed by atoms with Gasteiger partial charge in [0.05, 0.1) is 5.56 Å². The van der Waals surface area contributed by atoms with E-state index in [1.54, 1.807) is 6.07 Å². The van der Waals surface area contributed by atoms with Crippen LogP contribution in [0.5, 0.6) is 0 Å². The molecule has 1 aromatic carbocycles. The molecular formula is C7H6ClNO2Zn+2. The predicted molar refractivity (Wildman–Crippen MR) is 42.8 cm³/mol. The predicted octanol–water partition coefficient (Wildman–Crippen LogP) is 1.62. The molecule has 0 aliphatic carbocycles. The van der Waals surface area contributed by atoms with Crippen LogP contribution in [0.2, 0.25) is 5.02 Å². The number of benzene rings is 1. The zero-order chi connectivity index (χ0) is 8.43. The molecule has 0 bridgehead atoms. The molecule has 0 aliphatic heterocycles. The second-order valence-electron chi connectivity index (χ2n) is 2.04. The fourth-order valence-electron chi connectivity index (χ4n) is 0.714. The van der Waals surface area contributed by atoms with E-state index in [-0.39, 0.29) is 30.7 Å². The topological polar surface area (TPSA) is 63.3 Å². The van der Waals surface area contributed by atoms with Gasteiger partial charge in [-0.15, -0.1) is 0 Å².